The van der Waals surface area contributed by atoms with E-state index in [2.05, 4.69) is 175 Å². The Labute approximate surface area is 303 Å². The fourth-order valence-electron chi connectivity index (χ4n) is 8.74. The van der Waals surface area contributed by atoms with Gasteiger partial charge in [0.2, 0.25) is 0 Å². The average Bonchev–Trinajstić information content (AvgIpc) is 3.47. The predicted molar refractivity (Wildman–Crippen MR) is 216 cm³/mol. The first-order valence-corrected chi connectivity index (χ1v) is 19.0. The molecule has 1 aliphatic heterocycles. The lowest BCUT2D eigenvalue weighted by Crippen LogP contribution is -2.32. The smallest absolute Gasteiger partial charge is 0.0500 e. The normalized spacial score (nSPS) is 23.4. The minimum absolute atomic E-state index is 0.139. The Kier molecular flexibility index (Phi) is 8.32. The summed E-state index contributed by atoms with van der Waals surface area (Å²) in [5.74, 6) is 0.564. The Morgan fingerprint density at radius 3 is 2.24 bits per heavy atom. The van der Waals surface area contributed by atoms with E-state index in [0.29, 0.717) is 5.92 Å². The largest absolute Gasteiger partial charge is 0.313 e. The summed E-state index contributed by atoms with van der Waals surface area (Å²) in [5, 5.41) is 0. The summed E-state index contributed by atoms with van der Waals surface area (Å²) in [6.07, 6.45) is 41.4. The van der Waals surface area contributed by atoms with Crippen LogP contribution < -0.4 is 9.80 Å². The van der Waals surface area contributed by atoms with Crippen LogP contribution in [0.3, 0.4) is 0 Å². The molecule has 0 radical (unpaired) electrons. The standard InChI is InChI=1S/C49H46N2/c1-49-33-32-45(50(42-16-8-3-9-17-42)43-18-10-4-11-19-43)35-48(49)51(44-20-12-5-13-21-44)47-31-30-41(34-46(47)49)40-28-26-39(27-29-40)38-24-22-37(23-25-38)36-14-6-2-7-15-36/h2-3,6-10,12,14,16-22,24,26-32,34-36H,4-5,11,13,15,23,25,33H2,1H3. The van der Waals surface area contributed by atoms with Crippen molar-refractivity contribution in [2.75, 3.05) is 9.80 Å². The lowest BCUT2D eigenvalue weighted by Gasteiger charge is -2.37. The maximum atomic E-state index is 2.55. The lowest BCUT2D eigenvalue weighted by atomic mass is 9.75. The zero-order valence-corrected chi connectivity index (χ0v) is 29.6. The minimum Gasteiger partial charge on any atom is -0.313 e. The Bertz CT molecular complexity index is 2160. The molecule has 2 nitrogen and oxygen atoms in total. The van der Waals surface area contributed by atoms with Crippen LogP contribution in [0.25, 0.3) is 16.7 Å². The molecule has 3 aromatic rings. The molecule has 5 aliphatic carbocycles. The van der Waals surface area contributed by atoms with Gasteiger partial charge in [0.15, 0.2) is 0 Å². The minimum atomic E-state index is -0.139. The first-order valence-electron chi connectivity index (χ1n) is 19.0. The molecule has 2 atom stereocenters. The molecule has 0 bridgehead atoms. The van der Waals surface area contributed by atoms with Crippen molar-refractivity contribution in [3.05, 3.63) is 197 Å². The molecule has 0 saturated carbocycles. The second-order valence-electron chi connectivity index (χ2n) is 14.8. The molecule has 252 valence electrons. The predicted octanol–water partition coefficient (Wildman–Crippen LogP) is 12.8. The quantitative estimate of drug-likeness (QED) is 0.248. The van der Waals surface area contributed by atoms with E-state index in [4.69, 9.17) is 0 Å². The summed E-state index contributed by atoms with van der Waals surface area (Å²) < 4.78 is 0. The van der Waals surface area contributed by atoms with E-state index >= 15 is 0 Å². The molecule has 9 rings (SSSR count). The van der Waals surface area contributed by atoms with Gasteiger partial charge in [-0.25, -0.2) is 0 Å². The number of para-hydroxylation sites is 1. The third kappa shape index (κ3) is 5.87. The number of anilines is 2. The molecule has 0 aromatic heterocycles. The highest BCUT2D eigenvalue weighted by atomic mass is 15.2. The van der Waals surface area contributed by atoms with Gasteiger partial charge in [-0.3, -0.25) is 0 Å². The topological polar surface area (TPSA) is 6.48 Å². The fraction of sp³-hybridized carbons (Fsp3) is 0.224. The van der Waals surface area contributed by atoms with E-state index in [9.17, 15) is 0 Å². The van der Waals surface area contributed by atoms with Crippen molar-refractivity contribution in [2.24, 2.45) is 5.92 Å². The SMILES string of the molecule is CC12CC=C(N(C3=CCCC=C3)c3ccccc3)C=C1N(C1=CCCC=C1)c1ccc(-c3ccc(C4=CC=C(C5C=CC=CC5)CC4)cc3)cc12. The van der Waals surface area contributed by atoms with Crippen LogP contribution in [0.4, 0.5) is 11.4 Å². The first-order chi connectivity index (χ1) is 25.2. The van der Waals surface area contributed by atoms with Crippen molar-refractivity contribution in [1.82, 2.24) is 0 Å². The molecule has 1 heterocycles. The number of allylic oxidation sites excluding steroid dienone is 17. The summed E-state index contributed by atoms with van der Waals surface area (Å²) >= 11 is 0. The number of hydrogen-bond acceptors (Lipinski definition) is 2. The molecule has 0 spiro atoms. The van der Waals surface area contributed by atoms with E-state index < -0.39 is 0 Å². The average molecular weight is 663 g/mol. The molecule has 2 heteroatoms. The van der Waals surface area contributed by atoms with Gasteiger partial charge in [-0.2, -0.15) is 0 Å². The van der Waals surface area contributed by atoms with Gasteiger partial charge in [0.05, 0.1) is 5.69 Å². The lowest BCUT2D eigenvalue weighted by molar-refractivity contribution is 0.570. The molecule has 0 fully saturated rings. The number of nitrogens with zero attached hydrogens (tertiary/aromatic N) is 2. The Hall–Kier alpha value is -5.34. The molecule has 51 heavy (non-hydrogen) atoms. The summed E-state index contributed by atoms with van der Waals surface area (Å²) in [7, 11) is 0. The molecule has 0 saturated heterocycles. The molecule has 0 amide bonds. The first kappa shape index (κ1) is 31.6. The Balaban J connectivity index is 1.05. The van der Waals surface area contributed by atoms with Crippen molar-refractivity contribution in [3.8, 4) is 11.1 Å². The molecule has 3 aromatic carbocycles. The van der Waals surface area contributed by atoms with Crippen LogP contribution in [-0.4, -0.2) is 0 Å². The van der Waals surface area contributed by atoms with E-state index in [1.165, 1.54) is 62.0 Å². The van der Waals surface area contributed by atoms with Gasteiger partial charge in [-0.15, -0.1) is 0 Å². The molecule has 6 aliphatic rings. The van der Waals surface area contributed by atoms with Crippen LogP contribution in [0.5, 0.6) is 0 Å². The third-order valence-corrected chi connectivity index (χ3v) is 11.6. The Morgan fingerprint density at radius 2 is 1.51 bits per heavy atom. The number of benzene rings is 3. The van der Waals surface area contributed by atoms with Crippen molar-refractivity contribution in [3.63, 3.8) is 0 Å². The highest BCUT2D eigenvalue weighted by Gasteiger charge is 2.46. The van der Waals surface area contributed by atoms with Crippen LogP contribution in [-0.2, 0) is 5.41 Å². The highest BCUT2D eigenvalue weighted by Crippen LogP contribution is 2.55. The molecular weight excluding hydrogens is 617 g/mol. The maximum Gasteiger partial charge on any atom is 0.0500 e. The van der Waals surface area contributed by atoms with Gasteiger partial charge in [0.1, 0.15) is 0 Å². The van der Waals surface area contributed by atoms with Crippen LogP contribution in [0.1, 0.15) is 69.4 Å². The van der Waals surface area contributed by atoms with Gasteiger partial charge < -0.3 is 9.80 Å². The van der Waals surface area contributed by atoms with E-state index in [1.807, 2.05) is 0 Å². The van der Waals surface area contributed by atoms with Crippen molar-refractivity contribution < 1.29 is 0 Å². The second-order valence-corrected chi connectivity index (χ2v) is 14.8. The monoisotopic (exact) mass is 662 g/mol. The number of rotatable bonds is 7. The van der Waals surface area contributed by atoms with Crippen LogP contribution in [0.2, 0.25) is 0 Å². The molecular formula is C49H46N2. The van der Waals surface area contributed by atoms with E-state index in [0.717, 1.165) is 51.4 Å². The molecule has 0 N–H and O–H groups in total. The Morgan fingerprint density at radius 1 is 0.706 bits per heavy atom. The number of hydrogen-bond donors (Lipinski definition) is 0. The van der Waals surface area contributed by atoms with Crippen molar-refractivity contribution in [2.45, 2.75) is 63.7 Å². The zero-order valence-electron chi connectivity index (χ0n) is 29.6. The summed E-state index contributed by atoms with van der Waals surface area (Å²) in [4.78, 5) is 5.00. The maximum absolute atomic E-state index is 2.55. The summed E-state index contributed by atoms with van der Waals surface area (Å²) in [6, 6.07) is 27.3. The van der Waals surface area contributed by atoms with Gasteiger partial charge in [-0.05, 0) is 129 Å². The van der Waals surface area contributed by atoms with Gasteiger partial charge in [0, 0.05) is 39.8 Å². The highest BCUT2D eigenvalue weighted by molar-refractivity contribution is 5.82. The van der Waals surface area contributed by atoms with Crippen LogP contribution in [0.15, 0.2) is 186 Å². The third-order valence-electron chi connectivity index (χ3n) is 11.6. The van der Waals surface area contributed by atoms with Crippen molar-refractivity contribution >= 4 is 16.9 Å². The number of fused-ring (bicyclic) bond motifs is 3. The van der Waals surface area contributed by atoms with Crippen molar-refractivity contribution in [1.29, 1.82) is 0 Å². The summed E-state index contributed by atoms with van der Waals surface area (Å²) in [6.45, 7) is 2.45. The van der Waals surface area contributed by atoms with Gasteiger partial charge >= 0.3 is 0 Å². The van der Waals surface area contributed by atoms with E-state index in [-0.39, 0.29) is 5.41 Å². The van der Waals surface area contributed by atoms with Crippen LogP contribution >= 0.6 is 0 Å². The summed E-state index contributed by atoms with van der Waals surface area (Å²) in [5.41, 5.74) is 15.8. The van der Waals surface area contributed by atoms with E-state index in [1.54, 1.807) is 5.57 Å². The van der Waals surface area contributed by atoms with Gasteiger partial charge in [-0.1, -0.05) is 121 Å². The fourth-order valence-corrected chi connectivity index (χ4v) is 8.74. The van der Waals surface area contributed by atoms with Crippen LogP contribution in [0, 0.1) is 5.92 Å². The van der Waals surface area contributed by atoms with Gasteiger partial charge in [0.25, 0.3) is 0 Å². The zero-order chi connectivity index (χ0) is 34.2. The second kappa shape index (κ2) is 13.4. The molecule has 2 unspecified atom stereocenters.